The lowest BCUT2D eigenvalue weighted by atomic mass is 10.3. The van der Waals surface area contributed by atoms with E-state index in [1.54, 1.807) is 0 Å². The third-order valence-corrected chi connectivity index (χ3v) is 1.50. The Balaban J connectivity index is 0. The van der Waals surface area contributed by atoms with Crippen LogP contribution >= 0.6 is 0 Å². The van der Waals surface area contributed by atoms with Crippen molar-refractivity contribution in [2.24, 2.45) is 11.5 Å². The molecule has 0 aromatic heterocycles. The maximum absolute atomic E-state index is 12.3. The van der Waals surface area contributed by atoms with Gasteiger partial charge in [0, 0.05) is 0 Å². The molecule has 0 saturated heterocycles. The van der Waals surface area contributed by atoms with Gasteiger partial charge in [0.1, 0.15) is 0 Å². The van der Waals surface area contributed by atoms with Crippen molar-refractivity contribution < 1.29 is 46.2 Å². The fourth-order valence-corrected chi connectivity index (χ4v) is 0.461. The minimum absolute atomic E-state index is 0.749. The first-order valence-corrected chi connectivity index (χ1v) is 4.37. The van der Waals surface area contributed by atoms with Gasteiger partial charge in [0.05, 0.1) is 14.2 Å². The first kappa shape index (κ1) is 19.9. The minimum Gasteiger partial charge on any atom is -0.464 e. The van der Waals surface area contributed by atoms with E-state index in [9.17, 15) is 36.7 Å². The van der Waals surface area contributed by atoms with Gasteiger partial charge in [-0.15, -0.1) is 0 Å². The topological polar surface area (TPSA) is 139 Å². The fraction of sp³-hybridized carbons (Fsp3) is 0.500. The highest BCUT2D eigenvalue weighted by Crippen LogP contribution is 2.16. The number of rotatable bonds is 4. The SMILES string of the molecule is COC(=O)C(F)(F)C(=O)OC.NC(=O)C(F)(F)C(N)=O. The van der Waals surface area contributed by atoms with Gasteiger partial charge in [-0.2, -0.15) is 17.6 Å². The van der Waals surface area contributed by atoms with E-state index in [4.69, 9.17) is 0 Å². The van der Waals surface area contributed by atoms with Crippen LogP contribution in [0, 0.1) is 0 Å². The predicted octanol–water partition coefficient (Wildman–Crippen LogP) is -1.44. The summed E-state index contributed by atoms with van der Waals surface area (Å²) in [6, 6.07) is 0. The lowest BCUT2D eigenvalue weighted by Gasteiger charge is -2.09. The molecule has 4 N–H and O–H groups in total. The van der Waals surface area contributed by atoms with E-state index in [0.29, 0.717) is 0 Å². The predicted molar refractivity (Wildman–Crippen MR) is 52.3 cm³/mol. The average Bonchev–Trinajstić information content (AvgIpc) is 2.36. The number of esters is 2. The van der Waals surface area contributed by atoms with Crippen molar-refractivity contribution >= 4 is 23.8 Å². The summed E-state index contributed by atoms with van der Waals surface area (Å²) in [4.78, 5) is 39.6. The summed E-state index contributed by atoms with van der Waals surface area (Å²) in [5.74, 6) is -16.3. The number of nitrogens with two attached hydrogens (primary N) is 2. The molecule has 0 aromatic rings. The molecule has 0 aliphatic heterocycles. The number of hydrogen-bond donors (Lipinski definition) is 2. The molecule has 0 aromatic carbocycles. The summed E-state index contributed by atoms with van der Waals surface area (Å²) in [6.45, 7) is 0. The maximum atomic E-state index is 12.3. The number of primary amides is 2. The summed E-state index contributed by atoms with van der Waals surface area (Å²) in [7, 11) is 1.50. The van der Waals surface area contributed by atoms with Gasteiger partial charge in [0.2, 0.25) is 0 Å². The van der Waals surface area contributed by atoms with Gasteiger partial charge in [-0.3, -0.25) is 9.59 Å². The number of carbonyl (C=O) groups is 4. The molecule has 0 radical (unpaired) electrons. The third kappa shape index (κ3) is 5.07. The van der Waals surface area contributed by atoms with Crippen LogP contribution in [0.5, 0.6) is 0 Å². The van der Waals surface area contributed by atoms with E-state index in [1.165, 1.54) is 0 Å². The van der Waals surface area contributed by atoms with E-state index in [-0.39, 0.29) is 0 Å². The maximum Gasteiger partial charge on any atom is 0.437 e. The van der Waals surface area contributed by atoms with Crippen molar-refractivity contribution in [2.45, 2.75) is 11.8 Å². The number of methoxy groups -OCH3 is 2. The van der Waals surface area contributed by atoms with Crippen LogP contribution in [0.25, 0.3) is 0 Å². The highest BCUT2D eigenvalue weighted by Gasteiger charge is 2.50. The average molecular weight is 306 g/mol. The quantitative estimate of drug-likeness (QED) is 0.370. The minimum atomic E-state index is -4.22. The Morgan fingerprint density at radius 1 is 0.750 bits per heavy atom. The standard InChI is InChI=1S/C5H6F2O4.C3H4F2N2O2/c1-10-3(8)5(6,7)4(9)11-2;4-3(5,1(6)8)2(7)9/h1-2H3;(H2,6,8)(H2,7,9). The highest BCUT2D eigenvalue weighted by molar-refractivity contribution is 6.05. The smallest absolute Gasteiger partial charge is 0.437 e. The van der Waals surface area contributed by atoms with Crippen molar-refractivity contribution in [3.8, 4) is 0 Å². The molecular formula is C8H10F4N2O6. The Kier molecular flexibility index (Phi) is 7.23. The molecule has 20 heavy (non-hydrogen) atoms. The Morgan fingerprint density at radius 2 is 1.00 bits per heavy atom. The normalized spacial score (nSPS) is 10.7. The van der Waals surface area contributed by atoms with E-state index in [1.807, 2.05) is 0 Å². The molecule has 0 fully saturated rings. The van der Waals surface area contributed by atoms with Crippen molar-refractivity contribution in [3.05, 3.63) is 0 Å². The van der Waals surface area contributed by atoms with Crippen molar-refractivity contribution in [3.63, 3.8) is 0 Å². The molecule has 0 heterocycles. The van der Waals surface area contributed by atoms with Crippen LogP contribution < -0.4 is 11.5 Å². The van der Waals surface area contributed by atoms with Gasteiger partial charge in [-0.1, -0.05) is 0 Å². The van der Waals surface area contributed by atoms with Crippen LogP contribution in [-0.4, -0.2) is 49.8 Å². The Hall–Kier alpha value is -2.40. The molecule has 116 valence electrons. The number of ether oxygens (including phenoxy) is 2. The zero-order chi connectivity index (χ0) is 16.7. The van der Waals surface area contributed by atoms with Gasteiger partial charge in [-0.25, -0.2) is 9.59 Å². The second-order valence-electron chi connectivity index (χ2n) is 2.86. The van der Waals surface area contributed by atoms with Crippen molar-refractivity contribution in [1.82, 2.24) is 0 Å². The lowest BCUT2D eigenvalue weighted by Crippen LogP contribution is -2.46. The molecule has 0 atom stereocenters. The number of amides is 2. The molecule has 0 rings (SSSR count). The number of carbonyl (C=O) groups excluding carboxylic acids is 4. The molecule has 8 nitrogen and oxygen atoms in total. The van der Waals surface area contributed by atoms with E-state index >= 15 is 0 Å². The second-order valence-corrected chi connectivity index (χ2v) is 2.86. The molecule has 0 bridgehead atoms. The lowest BCUT2D eigenvalue weighted by molar-refractivity contribution is -0.187. The van der Waals surface area contributed by atoms with Crippen LogP contribution in [0.1, 0.15) is 0 Å². The number of alkyl halides is 4. The van der Waals surface area contributed by atoms with Gasteiger partial charge < -0.3 is 20.9 Å². The summed E-state index contributed by atoms with van der Waals surface area (Å²) in [6.07, 6.45) is 0. The second kappa shape index (κ2) is 7.25. The largest absolute Gasteiger partial charge is 0.464 e. The van der Waals surface area contributed by atoms with Crippen molar-refractivity contribution in [1.29, 1.82) is 0 Å². The molecule has 12 heteroatoms. The zero-order valence-electron chi connectivity index (χ0n) is 10.1. The van der Waals surface area contributed by atoms with Gasteiger partial charge in [0.25, 0.3) is 11.8 Å². The van der Waals surface area contributed by atoms with Gasteiger partial charge in [-0.05, 0) is 0 Å². The monoisotopic (exact) mass is 306 g/mol. The Labute approximate surface area is 109 Å². The van der Waals surface area contributed by atoms with E-state index in [2.05, 4.69) is 20.9 Å². The molecule has 0 unspecified atom stereocenters. The first-order valence-electron chi connectivity index (χ1n) is 4.37. The molecule has 0 spiro atoms. The van der Waals surface area contributed by atoms with Crippen LogP contribution in [0.2, 0.25) is 0 Å². The van der Waals surface area contributed by atoms with Gasteiger partial charge in [0.15, 0.2) is 0 Å². The highest BCUT2D eigenvalue weighted by atomic mass is 19.3. The first-order chi connectivity index (χ1) is 8.85. The molecular weight excluding hydrogens is 296 g/mol. The molecule has 0 aliphatic carbocycles. The number of hydrogen-bond acceptors (Lipinski definition) is 6. The Bertz CT molecular complexity index is 378. The fourth-order valence-electron chi connectivity index (χ4n) is 0.461. The summed E-state index contributed by atoms with van der Waals surface area (Å²) < 4.78 is 55.3. The van der Waals surface area contributed by atoms with Crippen molar-refractivity contribution in [2.75, 3.05) is 14.2 Å². The summed E-state index contributed by atoms with van der Waals surface area (Å²) >= 11 is 0. The van der Waals surface area contributed by atoms with Crippen LogP contribution in [0.3, 0.4) is 0 Å². The third-order valence-electron chi connectivity index (χ3n) is 1.50. The molecule has 2 amide bonds. The molecule has 0 saturated carbocycles. The van der Waals surface area contributed by atoms with Crippen LogP contribution in [0.15, 0.2) is 0 Å². The summed E-state index contributed by atoms with van der Waals surface area (Å²) in [5.41, 5.74) is 8.16. The van der Waals surface area contributed by atoms with Crippen LogP contribution in [0.4, 0.5) is 17.6 Å². The van der Waals surface area contributed by atoms with E-state index in [0.717, 1.165) is 14.2 Å². The van der Waals surface area contributed by atoms with E-state index < -0.39 is 35.6 Å². The zero-order valence-corrected chi connectivity index (χ0v) is 10.1. The van der Waals surface area contributed by atoms with Gasteiger partial charge >= 0.3 is 23.8 Å². The summed E-state index contributed by atoms with van der Waals surface area (Å²) in [5, 5.41) is 0. The van der Waals surface area contributed by atoms with Crippen LogP contribution in [-0.2, 0) is 28.7 Å². The molecule has 0 aliphatic rings. The Morgan fingerprint density at radius 3 is 1.10 bits per heavy atom. The number of halogens is 4.